The van der Waals surface area contributed by atoms with E-state index >= 15 is 0 Å². The second-order valence-electron chi connectivity index (χ2n) is 6.96. The Morgan fingerprint density at radius 1 is 1.07 bits per heavy atom. The number of amides is 2. The van der Waals surface area contributed by atoms with Crippen molar-refractivity contribution in [3.8, 4) is 0 Å². The van der Waals surface area contributed by atoms with Crippen LogP contribution in [0.1, 0.15) is 24.0 Å². The number of benzene rings is 2. The van der Waals surface area contributed by atoms with Gasteiger partial charge in [0.25, 0.3) is 0 Å². The molecule has 0 radical (unpaired) electrons. The van der Waals surface area contributed by atoms with Crippen LogP contribution in [0.25, 0.3) is 0 Å². The molecule has 27 heavy (non-hydrogen) atoms. The van der Waals surface area contributed by atoms with E-state index < -0.39 is 0 Å². The Morgan fingerprint density at radius 2 is 1.81 bits per heavy atom. The highest BCUT2D eigenvalue weighted by atomic mass is 19.1. The molecule has 142 valence electrons. The molecule has 0 aromatic heterocycles. The summed E-state index contributed by atoms with van der Waals surface area (Å²) in [6.45, 7) is 1.46. The molecule has 1 atom stereocenters. The van der Waals surface area contributed by atoms with Crippen LogP contribution in [0.15, 0.2) is 54.6 Å². The number of carbonyl (C=O) groups is 2. The van der Waals surface area contributed by atoms with E-state index in [9.17, 15) is 14.0 Å². The first-order valence-corrected chi connectivity index (χ1v) is 9.46. The maximum atomic E-state index is 13.7. The summed E-state index contributed by atoms with van der Waals surface area (Å²) in [6, 6.07) is 16.7. The van der Waals surface area contributed by atoms with Gasteiger partial charge in [0.05, 0.1) is 5.92 Å². The molecule has 0 spiro atoms. The molecule has 1 fully saturated rings. The molecule has 0 aliphatic carbocycles. The van der Waals surface area contributed by atoms with Crippen molar-refractivity contribution < 1.29 is 14.0 Å². The van der Waals surface area contributed by atoms with Crippen molar-refractivity contribution in [3.63, 3.8) is 0 Å². The van der Waals surface area contributed by atoms with E-state index in [0.29, 0.717) is 31.6 Å². The first kappa shape index (κ1) is 19.1. The smallest absolute Gasteiger partial charge is 0.225 e. The summed E-state index contributed by atoms with van der Waals surface area (Å²) in [5.74, 6) is -0.660. The number of carbonyl (C=O) groups excluding carboxylic acids is 2. The molecule has 1 N–H and O–H groups in total. The van der Waals surface area contributed by atoms with Gasteiger partial charge in [-0.2, -0.15) is 0 Å². The first-order valence-electron chi connectivity index (χ1n) is 9.46. The van der Waals surface area contributed by atoms with E-state index in [1.165, 1.54) is 11.6 Å². The second kappa shape index (κ2) is 9.31. The minimum Gasteiger partial charge on any atom is -0.356 e. The quantitative estimate of drug-likeness (QED) is 0.729. The predicted octanol–water partition coefficient (Wildman–Crippen LogP) is 2.97. The summed E-state index contributed by atoms with van der Waals surface area (Å²) < 4.78 is 13.7. The molecule has 4 nitrogen and oxygen atoms in total. The van der Waals surface area contributed by atoms with Gasteiger partial charge >= 0.3 is 0 Å². The number of halogens is 1. The summed E-state index contributed by atoms with van der Waals surface area (Å²) in [7, 11) is 0. The molecule has 2 aromatic carbocycles. The number of rotatable bonds is 8. The lowest BCUT2D eigenvalue weighted by Crippen LogP contribution is -2.34. The summed E-state index contributed by atoms with van der Waals surface area (Å²) in [6.07, 6.45) is 2.48. The number of hydrogen-bond donors (Lipinski definition) is 1. The zero-order valence-electron chi connectivity index (χ0n) is 15.4. The Morgan fingerprint density at radius 3 is 2.59 bits per heavy atom. The molecule has 1 heterocycles. The molecule has 1 saturated heterocycles. The number of nitrogens with one attached hydrogen (secondary N) is 1. The van der Waals surface area contributed by atoms with Gasteiger partial charge < -0.3 is 10.2 Å². The van der Waals surface area contributed by atoms with Crippen LogP contribution in [0.2, 0.25) is 0 Å². The minimum atomic E-state index is -0.310. The molecule has 2 amide bonds. The highest BCUT2D eigenvalue weighted by molar-refractivity contribution is 5.89. The Hall–Kier alpha value is -2.69. The average molecular weight is 368 g/mol. The van der Waals surface area contributed by atoms with Crippen LogP contribution in [0.3, 0.4) is 0 Å². The lowest BCUT2D eigenvalue weighted by atomic mass is 10.1. The van der Waals surface area contributed by atoms with Crippen LogP contribution in [0.5, 0.6) is 0 Å². The van der Waals surface area contributed by atoms with Gasteiger partial charge in [0, 0.05) is 26.1 Å². The van der Waals surface area contributed by atoms with Crippen molar-refractivity contribution in [2.24, 2.45) is 5.92 Å². The maximum Gasteiger partial charge on any atom is 0.225 e. The van der Waals surface area contributed by atoms with Gasteiger partial charge in [0.1, 0.15) is 5.82 Å². The van der Waals surface area contributed by atoms with Crippen LogP contribution in [-0.2, 0) is 22.4 Å². The Labute approximate surface area is 159 Å². The number of nitrogens with zero attached hydrogens (tertiary/aromatic N) is 1. The lowest BCUT2D eigenvalue weighted by molar-refractivity contribution is -0.129. The Bertz CT molecular complexity index is 779. The van der Waals surface area contributed by atoms with Crippen molar-refractivity contribution in [1.82, 2.24) is 10.2 Å². The SMILES string of the molecule is O=C(NCCCc1ccccc1)C1CC(=O)N(CCc2ccccc2F)C1. The Balaban J connectivity index is 1.40. The monoisotopic (exact) mass is 368 g/mol. The number of aryl methyl sites for hydroxylation is 1. The predicted molar refractivity (Wildman–Crippen MR) is 103 cm³/mol. The van der Waals surface area contributed by atoms with Gasteiger partial charge in [-0.15, -0.1) is 0 Å². The molecule has 0 bridgehead atoms. The molecular weight excluding hydrogens is 343 g/mol. The van der Waals surface area contributed by atoms with E-state index in [4.69, 9.17) is 0 Å². The highest BCUT2D eigenvalue weighted by Gasteiger charge is 2.33. The standard InChI is InChI=1S/C22H25FN2O2/c23-20-11-5-4-10-18(20)12-14-25-16-19(15-21(25)26)22(27)24-13-6-9-17-7-2-1-3-8-17/h1-5,7-8,10-11,19H,6,9,12-16H2,(H,24,27). The van der Waals surface area contributed by atoms with Gasteiger partial charge in [-0.25, -0.2) is 4.39 Å². The van der Waals surface area contributed by atoms with E-state index in [2.05, 4.69) is 17.4 Å². The first-order chi connectivity index (χ1) is 13.1. The fraction of sp³-hybridized carbons (Fsp3) is 0.364. The molecule has 1 aliphatic heterocycles. The Kier molecular flexibility index (Phi) is 6.58. The summed E-state index contributed by atoms with van der Waals surface area (Å²) in [4.78, 5) is 26.2. The second-order valence-corrected chi connectivity index (χ2v) is 6.96. The normalized spacial score (nSPS) is 16.6. The van der Waals surface area contributed by atoms with Crippen molar-refractivity contribution in [1.29, 1.82) is 0 Å². The van der Waals surface area contributed by atoms with E-state index in [0.717, 1.165) is 12.8 Å². The zero-order valence-corrected chi connectivity index (χ0v) is 15.4. The summed E-state index contributed by atoms with van der Waals surface area (Å²) >= 11 is 0. The van der Waals surface area contributed by atoms with Gasteiger partial charge in [0.2, 0.25) is 11.8 Å². The van der Waals surface area contributed by atoms with Crippen LogP contribution < -0.4 is 5.32 Å². The molecule has 5 heteroatoms. The van der Waals surface area contributed by atoms with Crippen LogP contribution >= 0.6 is 0 Å². The van der Waals surface area contributed by atoms with Crippen LogP contribution in [0, 0.1) is 11.7 Å². The minimum absolute atomic E-state index is 0.0317. The third kappa shape index (κ3) is 5.39. The van der Waals surface area contributed by atoms with Gasteiger partial charge in [0.15, 0.2) is 0 Å². The fourth-order valence-corrected chi connectivity index (χ4v) is 3.41. The largest absolute Gasteiger partial charge is 0.356 e. The third-order valence-electron chi connectivity index (χ3n) is 4.98. The van der Waals surface area contributed by atoms with Crippen LogP contribution in [0.4, 0.5) is 4.39 Å². The summed E-state index contributed by atoms with van der Waals surface area (Å²) in [5.41, 5.74) is 1.85. The molecule has 3 rings (SSSR count). The molecule has 2 aromatic rings. The molecule has 1 unspecified atom stereocenters. The van der Waals surface area contributed by atoms with Crippen LogP contribution in [-0.4, -0.2) is 36.3 Å². The molecule has 0 saturated carbocycles. The van der Waals surface area contributed by atoms with Gasteiger partial charge in [-0.05, 0) is 36.5 Å². The lowest BCUT2D eigenvalue weighted by Gasteiger charge is -2.17. The average Bonchev–Trinajstić information content (AvgIpc) is 3.06. The summed E-state index contributed by atoms with van der Waals surface area (Å²) in [5, 5.41) is 2.94. The van der Waals surface area contributed by atoms with Crippen molar-refractivity contribution >= 4 is 11.8 Å². The van der Waals surface area contributed by atoms with Crippen molar-refractivity contribution in [2.45, 2.75) is 25.7 Å². The van der Waals surface area contributed by atoms with E-state index in [1.54, 1.807) is 23.1 Å². The zero-order chi connectivity index (χ0) is 19.1. The topological polar surface area (TPSA) is 49.4 Å². The number of likely N-dealkylation sites (tertiary alicyclic amines) is 1. The molecular formula is C22H25FN2O2. The maximum absolute atomic E-state index is 13.7. The van der Waals surface area contributed by atoms with Gasteiger partial charge in [-0.1, -0.05) is 48.5 Å². The molecule has 1 aliphatic rings. The fourth-order valence-electron chi connectivity index (χ4n) is 3.41. The van der Waals surface area contributed by atoms with Gasteiger partial charge in [-0.3, -0.25) is 9.59 Å². The van der Waals surface area contributed by atoms with Crippen molar-refractivity contribution in [3.05, 3.63) is 71.5 Å². The number of hydrogen-bond acceptors (Lipinski definition) is 2. The third-order valence-corrected chi connectivity index (χ3v) is 4.98. The highest BCUT2D eigenvalue weighted by Crippen LogP contribution is 2.19. The van der Waals surface area contributed by atoms with E-state index in [1.807, 2.05) is 18.2 Å². The van der Waals surface area contributed by atoms with Crippen molar-refractivity contribution in [2.75, 3.05) is 19.6 Å². The van der Waals surface area contributed by atoms with E-state index in [-0.39, 0.29) is 30.0 Å².